The Labute approximate surface area is 133 Å². The smallest absolute Gasteiger partial charge is 0.0249 e. The minimum Gasteiger partial charge on any atom is -0.311 e. The predicted octanol–water partition coefficient (Wildman–Crippen LogP) is 4.59. The monoisotopic (exact) mass is 294 g/mol. The zero-order chi connectivity index (χ0) is 14.9. The van der Waals surface area contributed by atoms with Gasteiger partial charge in [0.25, 0.3) is 0 Å². The van der Waals surface area contributed by atoms with Crippen molar-refractivity contribution in [3.63, 3.8) is 0 Å². The molecule has 0 radical (unpaired) electrons. The summed E-state index contributed by atoms with van der Waals surface area (Å²) in [4.78, 5) is 2.83. The maximum atomic E-state index is 3.76. The van der Waals surface area contributed by atoms with E-state index in [4.69, 9.17) is 0 Å². The first kappa shape index (κ1) is 17.3. The largest absolute Gasteiger partial charge is 0.311 e. The van der Waals surface area contributed by atoms with E-state index in [9.17, 15) is 0 Å². The van der Waals surface area contributed by atoms with Gasteiger partial charge in [-0.25, -0.2) is 0 Å². The molecule has 1 aliphatic heterocycles. The number of nitrogens with one attached hydrogen (secondary N) is 1. The lowest BCUT2D eigenvalue weighted by Gasteiger charge is -2.40. The minimum atomic E-state index is 0.744. The van der Waals surface area contributed by atoms with Crippen LogP contribution in [-0.2, 0) is 0 Å². The third kappa shape index (κ3) is 6.28. The molecule has 0 aromatic heterocycles. The van der Waals surface area contributed by atoms with Gasteiger partial charge in [0.2, 0.25) is 0 Å². The zero-order valence-corrected chi connectivity index (χ0v) is 14.6. The highest BCUT2D eigenvalue weighted by molar-refractivity contribution is 4.94. The summed E-state index contributed by atoms with van der Waals surface area (Å²) >= 11 is 0. The molecule has 1 aliphatic carbocycles. The van der Waals surface area contributed by atoms with Gasteiger partial charge in [-0.05, 0) is 38.1 Å². The molecular weight excluding hydrogens is 256 g/mol. The summed E-state index contributed by atoms with van der Waals surface area (Å²) in [6.45, 7) is 8.53. The first-order valence-corrected chi connectivity index (χ1v) is 9.82. The predicted molar refractivity (Wildman–Crippen MR) is 92.8 cm³/mol. The van der Waals surface area contributed by atoms with Crippen LogP contribution in [0.5, 0.6) is 0 Å². The van der Waals surface area contributed by atoms with Crippen molar-refractivity contribution in [2.24, 2.45) is 5.92 Å². The number of hydrogen-bond donors (Lipinski definition) is 1. The fraction of sp³-hybridized carbons (Fsp3) is 1.00. The van der Waals surface area contributed by atoms with E-state index >= 15 is 0 Å². The van der Waals surface area contributed by atoms with Crippen LogP contribution in [0, 0.1) is 5.92 Å². The number of piperazine rings is 1. The van der Waals surface area contributed by atoms with Gasteiger partial charge in [-0.1, -0.05) is 58.8 Å². The summed E-state index contributed by atoms with van der Waals surface area (Å²) < 4.78 is 0. The van der Waals surface area contributed by atoms with Crippen molar-refractivity contribution >= 4 is 0 Å². The minimum absolute atomic E-state index is 0.744. The normalized spacial score (nSPS) is 27.1. The Balaban J connectivity index is 1.56. The highest BCUT2D eigenvalue weighted by Gasteiger charge is 2.37. The number of rotatable bonds is 11. The van der Waals surface area contributed by atoms with Crippen molar-refractivity contribution in [2.75, 3.05) is 19.6 Å². The van der Waals surface area contributed by atoms with Crippen LogP contribution >= 0.6 is 0 Å². The summed E-state index contributed by atoms with van der Waals surface area (Å²) in [5.74, 6) is 1.02. The zero-order valence-electron chi connectivity index (χ0n) is 14.6. The Kier molecular flexibility index (Phi) is 8.10. The van der Waals surface area contributed by atoms with Crippen LogP contribution in [0.1, 0.15) is 84.5 Å². The number of nitrogens with zero attached hydrogens (tertiary/aromatic N) is 1. The van der Waals surface area contributed by atoms with E-state index in [1.165, 1.54) is 90.3 Å². The molecule has 2 atom stereocenters. The van der Waals surface area contributed by atoms with Crippen LogP contribution in [0.15, 0.2) is 0 Å². The van der Waals surface area contributed by atoms with E-state index in [2.05, 4.69) is 24.1 Å². The highest BCUT2D eigenvalue weighted by atomic mass is 15.2. The van der Waals surface area contributed by atoms with Gasteiger partial charge in [-0.3, -0.25) is 4.90 Å². The highest BCUT2D eigenvalue weighted by Crippen LogP contribution is 2.36. The second-order valence-electron chi connectivity index (χ2n) is 7.39. The SMILES string of the molecule is CCCCCCCCCCN1CC(CC)NCC1C1CC1. The Morgan fingerprint density at radius 1 is 0.905 bits per heavy atom. The summed E-state index contributed by atoms with van der Waals surface area (Å²) in [5.41, 5.74) is 0. The van der Waals surface area contributed by atoms with Crippen molar-refractivity contribution < 1.29 is 0 Å². The van der Waals surface area contributed by atoms with Crippen molar-refractivity contribution in [3.8, 4) is 0 Å². The van der Waals surface area contributed by atoms with Gasteiger partial charge < -0.3 is 5.32 Å². The molecule has 1 saturated carbocycles. The van der Waals surface area contributed by atoms with E-state index < -0.39 is 0 Å². The average Bonchev–Trinajstić information content (AvgIpc) is 3.34. The molecule has 2 nitrogen and oxygen atoms in total. The van der Waals surface area contributed by atoms with Gasteiger partial charge >= 0.3 is 0 Å². The van der Waals surface area contributed by atoms with Gasteiger partial charge in [0.05, 0.1) is 0 Å². The fourth-order valence-corrected chi connectivity index (χ4v) is 3.82. The van der Waals surface area contributed by atoms with Crippen LogP contribution in [0.3, 0.4) is 0 Å². The lowest BCUT2D eigenvalue weighted by Crippen LogP contribution is -2.57. The van der Waals surface area contributed by atoms with Gasteiger partial charge in [0.15, 0.2) is 0 Å². The number of unbranched alkanes of at least 4 members (excludes halogenated alkanes) is 7. The van der Waals surface area contributed by atoms with Crippen LogP contribution in [0.2, 0.25) is 0 Å². The molecule has 2 fully saturated rings. The van der Waals surface area contributed by atoms with Crippen molar-refractivity contribution in [1.82, 2.24) is 10.2 Å². The second-order valence-corrected chi connectivity index (χ2v) is 7.39. The Morgan fingerprint density at radius 3 is 2.19 bits per heavy atom. The maximum absolute atomic E-state index is 3.76. The van der Waals surface area contributed by atoms with E-state index in [0.29, 0.717) is 0 Å². The maximum Gasteiger partial charge on any atom is 0.0249 e. The van der Waals surface area contributed by atoms with Gasteiger partial charge in [-0.2, -0.15) is 0 Å². The molecule has 0 aromatic rings. The quantitative estimate of drug-likeness (QED) is 0.561. The summed E-state index contributed by atoms with van der Waals surface area (Å²) in [6, 6.07) is 1.60. The standard InChI is InChI=1S/C19H38N2/c1-3-5-6-7-8-9-10-11-14-21-16-18(4-2)20-15-19(21)17-12-13-17/h17-20H,3-16H2,1-2H3. The molecule has 2 heteroatoms. The molecule has 2 aliphatic rings. The van der Waals surface area contributed by atoms with Gasteiger partial charge in [0.1, 0.15) is 0 Å². The summed E-state index contributed by atoms with van der Waals surface area (Å²) in [6.07, 6.45) is 15.8. The Morgan fingerprint density at radius 2 is 1.57 bits per heavy atom. The molecule has 21 heavy (non-hydrogen) atoms. The second kappa shape index (κ2) is 9.84. The average molecular weight is 295 g/mol. The molecule has 124 valence electrons. The number of hydrogen-bond acceptors (Lipinski definition) is 2. The molecule has 0 aromatic carbocycles. The summed E-state index contributed by atoms with van der Waals surface area (Å²) in [5, 5.41) is 3.76. The third-order valence-electron chi connectivity index (χ3n) is 5.50. The Hall–Kier alpha value is -0.0800. The molecule has 1 N–H and O–H groups in total. The molecule has 0 bridgehead atoms. The molecule has 2 rings (SSSR count). The molecule has 1 saturated heterocycles. The molecule has 2 unspecified atom stereocenters. The molecular formula is C19H38N2. The van der Waals surface area contributed by atoms with E-state index in [1.54, 1.807) is 0 Å². The Bertz CT molecular complexity index is 262. The third-order valence-corrected chi connectivity index (χ3v) is 5.50. The fourth-order valence-electron chi connectivity index (χ4n) is 3.82. The van der Waals surface area contributed by atoms with E-state index in [0.717, 1.165) is 18.0 Å². The van der Waals surface area contributed by atoms with Crippen LogP contribution in [0.25, 0.3) is 0 Å². The summed E-state index contributed by atoms with van der Waals surface area (Å²) in [7, 11) is 0. The first-order chi connectivity index (χ1) is 10.3. The topological polar surface area (TPSA) is 15.3 Å². The van der Waals surface area contributed by atoms with Gasteiger partial charge in [0, 0.05) is 25.2 Å². The molecule has 1 heterocycles. The van der Waals surface area contributed by atoms with Crippen LogP contribution < -0.4 is 5.32 Å². The lowest BCUT2D eigenvalue weighted by atomic mass is 10.0. The van der Waals surface area contributed by atoms with Crippen LogP contribution in [-0.4, -0.2) is 36.6 Å². The van der Waals surface area contributed by atoms with Crippen LogP contribution in [0.4, 0.5) is 0 Å². The van der Waals surface area contributed by atoms with Crippen molar-refractivity contribution in [1.29, 1.82) is 0 Å². The first-order valence-electron chi connectivity index (χ1n) is 9.82. The van der Waals surface area contributed by atoms with Gasteiger partial charge in [-0.15, -0.1) is 0 Å². The molecule has 0 spiro atoms. The van der Waals surface area contributed by atoms with Crippen molar-refractivity contribution in [2.45, 2.75) is 96.6 Å². The van der Waals surface area contributed by atoms with E-state index in [1.807, 2.05) is 0 Å². The molecule has 0 amide bonds. The lowest BCUT2D eigenvalue weighted by molar-refractivity contribution is 0.111. The van der Waals surface area contributed by atoms with Crippen molar-refractivity contribution in [3.05, 3.63) is 0 Å². The van der Waals surface area contributed by atoms with E-state index in [-0.39, 0.29) is 0 Å².